The molecule has 0 radical (unpaired) electrons. The third kappa shape index (κ3) is 3.68. The van der Waals surface area contributed by atoms with Crippen molar-refractivity contribution in [2.45, 2.75) is 0 Å². The average molecular weight is 238 g/mol. The zero-order chi connectivity index (χ0) is 10.8. The first-order valence-electron chi connectivity index (χ1n) is 4.49. The molecule has 0 aromatic carbocycles. The lowest BCUT2D eigenvalue weighted by molar-refractivity contribution is 0.215. The summed E-state index contributed by atoms with van der Waals surface area (Å²) in [5, 5.41) is 0. The Bertz CT molecular complexity index is 305. The van der Waals surface area contributed by atoms with Crippen LogP contribution in [0.1, 0.15) is 0 Å². The van der Waals surface area contributed by atoms with Crippen LogP contribution in [0, 0.1) is 0 Å². The van der Waals surface area contributed by atoms with Crippen molar-refractivity contribution in [3.63, 3.8) is 0 Å². The summed E-state index contributed by atoms with van der Waals surface area (Å²) in [4.78, 5) is 2.28. The first-order valence-corrected chi connectivity index (χ1v) is 8.31. The van der Waals surface area contributed by atoms with Gasteiger partial charge in [0.2, 0.25) is 10.0 Å². The molecule has 1 fully saturated rings. The van der Waals surface area contributed by atoms with Crippen molar-refractivity contribution >= 4 is 26.4 Å². The first kappa shape index (κ1) is 12.2. The first-order chi connectivity index (χ1) is 6.39. The smallest absolute Gasteiger partial charge is 0.211 e. The molecule has 4 nitrogen and oxygen atoms in total. The van der Waals surface area contributed by atoms with Crippen molar-refractivity contribution < 1.29 is 8.42 Å². The van der Waals surface area contributed by atoms with Crippen molar-refractivity contribution in [3.05, 3.63) is 0 Å². The number of sulfonamides is 1. The van der Waals surface area contributed by atoms with Crippen LogP contribution >= 0.6 is 10.5 Å². The Hall–Kier alpha value is 0.0900. The summed E-state index contributed by atoms with van der Waals surface area (Å²) in [5.41, 5.74) is 0. The second-order valence-electron chi connectivity index (χ2n) is 3.69. The summed E-state index contributed by atoms with van der Waals surface area (Å²) >= 11 is 0. The predicted octanol–water partition coefficient (Wildman–Crippen LogP) is -0.148. The third-order valence-corrected chi connectivity index (χ3v) is 4.31. The van der Waals surface area contributed by atoms with Crippen LogP contribution in [-0.4, -0.2) is 68.1 Å². The molecule has 1 unspecified atom stereocenters. The quantitative estimate of drug-likeness (QED) is 0.642. The van der Waals surface area contributed by atoms with Gasteiger partial charge in [-0.05, 0) is 6.26 Å². The van der Waals surface area contributed by atoms with Gasteiger partial charge >= 0.3 is 0 Å². The number of rotatable bonds is 3. The van der Waals surface area contributed by atoms with Gasteiger partial charge < -0.3 is 0 Å². The maximum atomic E-state index is 11.2. The van der Waals surface area contributed by atoms with Crippen molar-refractivity contribution in [1.82, 2.24) is 9.21 Å². The lowest BCUT2D eigenvalue weighted by Gasteiger charge is -2.33. The molecule has 0 N–H and O–H groups in total. The Morgan fingerprint density at radius 2 is 1.79 bits per heavy atom. The SMILES string of the molecule is C=S(C)CN1CCN(S(C)(=O)=O)CC1. The van der Waals surface area contributed by atoms with Gasteiger partial charge in [0.1, 0.15) is 0 Å². The van der Waals surface area contributed by atoms with Gasteiger partial charge in [0, 0.05) is 32.1 Å². The predicted molar refractivity (Wildman–Crippen MR) is 63.5 cm³/mol. The Labute approximate surface area is 88.9 Å². The van der Waals surface area contributed by atoms with E-state index < -0.39 is 10.0 Å². The second-order valence-corrected chi connectivity index (χ2v) is 7.49. The Morgan fingerprint density at radius 1 is 1.29 bits per heavy atom. The van der Waals surface area contributed by atoms with Crippen LogP contribution in [0.25, 0.3) is 0 Å². The zero-order valence-electron chi connectivity index (χ0n) is 8.77. The Kier molecular flexibility index (Phi) is 4.12. The zero-order valence-corrected chi connectivity index (χ0v) is 10.4. The van der Waals surface area contributed by atoms with E-state index >= 15 is 0 Å². The summed E-state index contributed by atoms with van der Waals surface area (Å²) in [6.07, 6.45) is 3.37. The third-order valence-electron chi connectivity index (χ3n) is 2.20. The minimum atomic E-state index is -2.98. The van der Waals surface area contributed by atoms with Gasteiger partial charge in [-0.2, -0.15) is 14.8 Å². The monoisotopic (exact) mass is 238 g/mol. The molecule has 0 aromatic heterocycles. The summed E-state index contributed by atoms with van der Waals surface area (Å²) < 4.78 is 24.0. The molecule has 0 spiro atoms. The van der Waals surface area contributed by atoms with E-state index in [2.05, 4.69) is 17.0 Å². The van der Waals surface area contributed by atoms with Crippen LogP contribution in [0.5, 0.6) is 0 Å². The molecule has 14 heavy (non-hydrogen) atoms. The standard InChI is InChI=1S/C8H18N2O2S2/c1-13(2)8-9-4-6-10(7-5-9)14(3,11)12/h1,4-8H2,2-3H3. The molecule has 1 aliphatic rings. The van der Waals surface area contributed by atoms with Gasteiger partial charge in [-0.15, -0.1) is 0 Å². The molecule has 1 aliphatic heterocycles. The van der Waals surface area contributed by atoms with Crippen LogP contribution in [-0.2, 0) is 10.0 Å². The van der Waals surface area contributed by atoms with Crippen molar-refractivity contribution in [2.24, 2.45) is 0 Å². The fraction of sp³-hybridized carbons (Fsp3) is 0.875. The van der Waals surface area contributed by atoms with Crippen LogP contribution in [0.4, 0.5) is 0 Å². The molecular formula is C8H18N2O2S2. The van der Waals surface area contributed by atoms with Gasteiger partial charge in [0.25, 0.3) is 0 Å². The van der Waals surface area contributed by atoms with Gasteiger partial charge in [-0.1, -0.05) is 5.87 Å². The Morgan fingerprint density at radius 3 is 2.14 bits per heavy atom. The molecule has 84 valence electrons. The van der Waals surface area contributed by atoms with Crippen LogP contribution in [0.3, 0.4) is 0 Å². The molecule has 0 amide bonds. The van der Waals surface area contributed by atoms with Crippen LogP contribution in [0.2, 0.25) is 0 Å². The largest absolute Gasteiger partial charge is 0.292 e. The molecule has 0 aliphatic carbocycles. The van der Waals surface area contributed by atoms with E-state index in [0.717, 1.165) is 19.0 Å². The van der Waals surface area contributed by atoms with Gasteiger partial charge in [-0.25, -0.2) is 8.42 Å². The van der Waals surface area contributed by atoms with Crippen LogP contribution < -0.4 is 0 Å². The number of piperazine rings is 1. The summed E-state index contributed by atoms with van der Waals surface area (Å²) in [5.74, 6) is 4.94. The fourth-order valence-corrected chi connectivity index (χ4v) is 3.21. The van der Waals surface area contributed by atoms with E-state index in [9.17, 15) is 8.42 Å². The Balaban J connectivity index is 2.43. The topological polar surface area (TPSA) is 40.6 Å². The van der Waals surface area contributed by atoms with Gasteiger partial charge in [0.05, 0.1) is 6.26 Å². The molecule has 1 rings (SSSR count). The highest BCUT2D eigenvalue weighted by atomic mass is 32.2. The molecule has 0 aromatic rings. The van der Waals surface area contributed by atoms with E-state index in [1.807, 2.05) is 0 Å². The normalized spacial score (nSPS) is 23.6. The lowest BCUT2D eigenvalue weighted by Crippen LogP contribution is -2.48. The van der Waals surface area contributed by atoms with E-state index in [0.29, 0.717) is 13.1 Å². The van der Waals surface area contributed by atoms with Crippen molar-refractivity contribution in [1.29, 1.82) is 0 Å². The van der Waals surface area contributed by atoms with E-state index in [4.69, 9.17) is 0 Å². The summed E-state index contributed by atoms with van der Waals surface area (Å²) in [6, 6.07) is 0. The molecular weight excluding hydrogens is 220 g/mol. The average Bonchev–Trinajstić information content (AvgIpc) is 2.02. The molecule has 1 atom stereocenters. The number of hydrogen-bond donors (Lipinski definition) is 0. The minimum absolute atomic E-state index is 0.162. The number of hydrogen-bond acceptors (Lipinski definition) is 3. The maximum Gasteiger partial charge on any atom is 0.211 e. The summed E-state index contributed by atoms with van der Waals surface area (Å²) in [6.45, 7) is 2.91. The molecule has 0 saturated carbocycles. The van der Waals surface area contributed by atoms with E-state index in [-0.39, 0.29) is 10.5 Å². The molecule has 1 heterocycles. The van der Waals surface area contributed by atoms with Gasteiger partial charge in [0.15, 0.2) is 0 Å². The van der Waals surface area contributed by atoms with Gasteiger partial charge in [-0.3, -0.25) is 4.90 Å². The van der Waals surface area contributed by atoms with E-state index in [1.54, 1.807) is 4.31 Å². The molecule has 6 heteroatoms. The minimum Gasteiger partial charge on any atom is -0.292 e. The summed E-state index contributed by atoms with van der Waals surface area (Å²) in [7, 11) is -2.82. The highest BCUT2D eigenvalue weighted by Gasteiger charge is 2.22. The lowest BCUT2D eigenvalue weighted by atomic mass is 10.4. The molecule has 0 bridgehead atoms. The highest BCUT2D eigenvalue weighted by molar-refractivity contribution is 8.13. The number of nitrogens with zero attached hydrogens (tertiary/aromatic N) is 2. The van der Waals surface area contributed by atoms with Crippen molar-refractivity contribution in [3.8, 4) is 0 Å². The highest BCUT2D eigenvalue weighted by Crippen LogP contribution is 2.11. The van der Waals surface area contributed by atoms with Crippen molar-refractivity contribution in [2.75, 3.05) is 44.6 Å². The van der Waals surface area contributed by atoms with Crippen LogP contribution in [0.15, 0.2) is 0 Å². The fourth-order valence-electron chi connectivity index (χ4n) is 1.50. The second kappa shape index (κ2) is 4.74. The van der Waals surface area contributed by atoms with E-state index in [1.165, 1.54) is 6.26 Å². The molecule has 1 saturated heterocycles. The maximum absolute atomic E-state index is 11.2.